The van der Waals surface area contributed by atoms with Crippen molar-refractivity contribution in [2.45, 2.75) is 31.9 Å². The molecular weight excluding hydrogens is 232 g/mol. The molecule has 7 nitrogen and oxygen atoms in total. The Balaban J connectivity index is 2.01. The van der Waals surface area contributed by atoms with Crippen molar-refractivity contribution >= 4 is 22.8 Å². The van der Waals surface area contributed by atoms with E-state index in [-0.39, 0.29) is 17.6 Å². The highest BCUT2D eigenvalue weighted by atomic mass is 16.5. The van der Waals surface area contributed by atoms with Gasteiger partial charge in [-0.1, -0.05) is 0 Å². The molecule has 0 spiro atoms. The van der Waals surface area contributed by atoms with Gasteiger partial charge in [0.2, 0.25) is 5.95 Å². The minimum Gasteiger partial charge on any atom is -0.376 e. The molecule has 3 rings (SSSR count). The van der Waals surface area contributed by atoms with Crippen LogP contribution in [0.4, 0.5) is 11.8 Å². The van der Waals surface area contributed by atoms with Crippen LogP contribution in [-0.4, -0.2) is 38.4 Å². The summed E-state index contributed by atoms with van der Waals surface area (Å²) in [5, 5.41) is 11.0. The van der Waals surface area contributed by atoms with Crippen molar-refractivity contribution in [3.05, 3.63) is 6.20 Å². The zero-order valence-electron chi connectivity index (χ0n) is 10.4. The Bertz CT molecular complexity index is 582. The molecule has 0 aliphatic carbocycles. The maximum absolute atomic E-state index is 5.69. The monoisotopic (exact) mass is 248 g/mol. The number of H-pyrrole nitrogens is 1. The molecule has 0 amide bonds. The number of nitrogens with one attached hydrogen (secondary N) is 2. The number of hydrogen-bond donors (Lipinski definition) is 3. The molecule has 2 atom stereocenters. The molecule has 3 heterocycles. The van der Waals surface area contributed by atoms with E-state index in [0.717, 1.165) is 18.4 Å². The summed E-state index contributed by atoms with van der Waals surface area (Å²) in [7, 11) is 0. The summed E-state index contributed by atoms with van der Waals surface area (Å²) in [6, 6.07) is 0. The molecule has 0 saturated carbocycles. The van der Waals surface area contributed by atoms with Gasteiger partial charge in [0.15, 0.2) is 5.65 Å². The van der Waals surface area contributed by atoms with Gasteiger partial charge in [-0.3, -0.25) is 5.10 Å². The van der Waals surface area contributed by atoms with Crippen molar-refractivity contribution in [3.8, 4) is 0 Å². The summed E-state index contributed by atoms with van der Waals surface area (Å²) in [6.45, 7) is 4.92. The van der Waals surface area contributed by atoms with Crippen LogP contribution < -0.4 is 11.1 Å². The van der Waals surface area contributed by atoms with Crippen LogP contribution in [0.1, 0.15) is 20.3 Å². The fourth-order valence-electron chi connectivity index (χ4n) is 2.22. The van der Waals surface area contributed by atoms with E-state index in [9.17, 15) is 0 Å². The Morgan fingerprint density at radius 2 is 2.39 bits per heavy atom. The van der Waals surface area contributed by atoms with E-state index in [2.05, 4.69) is 39.3 Å². The van der Waals surface area contributed by atoms with Gasteiger partial charge in [0, 0.05) is 6.61 Å². The van der Waals surface area contributed by atoms with Crippen molar-refractivity contribution in [3.63, 3.8) is 0 Å². The second kappa shape index (κ2) is 3.81. The molecule has 1 aliphatic rings. The van der Waals surface area contributed by atoms with Gasteiger partial charge < -0.3 is 15.8 Å². The molecule has 1 aliphatic heterocycles. The molecule has 96 valence electrons. The molecule has 0 radical (unpaired) electrons. The zero-order valence-corrected chi connectivity index (χ0v) is 10.4. The lowest BCUT2D eigenvalue weighted by Gasteiger charge is -2.29. The lowest BCUT2D eigenvalue weighted by Crippen LogP contribution is -2.41. The third-order valence-electron chi connectivity index (χ3n) is 3.62. The first-order chi connectivity index (χ1) is 8.58. The van der Waals surface area contributed by atoms with Crippen LogP contribution in [-0.2, 0) is 4.74 Å². The largest absolute Gasteiger partial charge is 0.376 e. The molecule has 2 aromatic heterocycles. The summed E-state index contributed by atoms with van der Waals surface area (Å²) in [6.07, 6.45) is 2.74. The van der Waals surface area contributed by atoms with Gasteiger partial charge in [0.1, 0.15) is 5.82 Å². The second-order valence-electron chi connectivity index (χ2n) is 4.87. The predicted molar refractivity (Wildman–Crippen MR) is 68.2 cm³/mol. The van der Waals surface area contributed by atoms with Gasteiger partial charge in [-0.2, -0.15) is 15.1 Å². The lowest BCUT2D eigenvalue weighted by molar-refractivity contribution is 0.105. The van der Waals surface area contributed by atoms with Gasteiger partial charge in [-0.25, -0.2) is 0 Å². The average Bonchev–Trinajstić information content (AvgIpc) is 2.87. The fraction of sp³-hybridized carbons (Fsp3) is 0.545. The maximum Gasteiger partial charge on any atom is 0.224 e. The SMILES string of the molecule is CC1OCCC1(C)Nc1nc(N)nc2[nH]ncc12. The van der Waals surface area contributed by atoms with E-state index < -0.39 is 0 Å². The number of fused-ring (bicyclic) bond motifs is 1. The summed E-state index contributed by atoms with van der Waals surface area (Å²) in [5.41, 5.74) is 6.19. The lowest BCUT2D eigenvalue weighted by atomic mass is 9.94. The first kappa shape index (κ1) is 11.2. The number of aromatic amines is 1. The maximum atomic E-state index is 5.69. The first-order valence-electron chi connectivity index (χ1n) is 5.95. The highest BCUT2D eigenvalue weighted by Crippen LogP contribution is 2.31. The molecular formula is C11H16N6O. The molecule has 0 aromatic carbocycles. The topological polar surface area (TPSA) is 102 Å². The van der Waals surface area contributed by atoms with Crippen molar-refractivity contribution in [1.82, 2.24) is 20.2 Å². The van der Waals surface area contributed by atoms with E-state index in [0.29, 0.717) is 11.5 Å². The average molecular weight is 248 g/mol. The standard InChI is InChI=1S/C11H16N6O/c1-6-11(2,3-4-18-6)16-8-7-5-13-17-9(7)15-10(12)14-8/h5-6H,3-4H2,1-2H3,(H4,12,13,14,15,16,17). The molecule has 1 saturated heterocycles. The van der Waals surface area contributed by atoms with Gasteiger partial charge >= 0.3 is 0 Å². The molecule has 2 unspecified atom stereocenters. The van der Waals surface area contributed by atoms with Crippen molar-refractivity contribution in [1.29, 1.82) is 0 Å². The van der Waals surface area contributed by atoms with E-state index in [1.165, 1.54) is 0 Å². The van der Waals surface area contributed by atoms with Crippen LogP contribution in [0, 0.1) is 0 Å². The molecule has 2 aromatic rings. The van der Waals surface area contributed by atoms with Gasteiger partial charge in [-0.15, -0.1) is 0 Å². The Kier molecular flexibility index (Phi) is 2.37. The highest BCUT2D eigenvalue weighted by Gasteiger charge is 2.37. The van der Waals surface area contributed by atoms with E-state index in [1.54, 1.807) is 6.20 Å². The first-order valence-corrected chi connectivity index (χ1v) is 5.95. The highest BCUT2D eigenvalue weighted by molar-refractivity contribution is 5.87. The van der Waals surface area contributed by atoms with Crippen LogP contribution in [0.5, 0.6) is 0 Å². The zero-order chi connectivity index (χ0) is 12.8. The van der Waals surface area contributed by atoms with Crippen LogP contribution >= 0.6 is 0 Å². The number of nitrogens with two attached hydrogens (primary N) is 1. The molecule has 0 bridgehead atoms. The summed E-state index contributed by atoms with van der Waals surface area (Å²) in [4.78, 5) is 8.35. The Labute approximate surface area is 104 Å². The van der Waals surface area contributed by atoms with E-state index in [4.69, 9.17) is 10.5 Å². The number of anilines is 2. The number of rotatable bonds is 2. The van der Waals surface area contributed by atoms with Crippen molar-refractivity contribution in [2.24, 2.45) is 0 Å². The summed E-state index contributed by atoms with van der Waals surface area (Å²) >= 11 is 0. The summed E-state index contributed by atoms with van der Waals surface area (Å²) < 4.78 is 5.60. The van der Waals surface area contributed by atoms with Gasteiger partial charge in [0.25, 0.3) is 0 Å². The number of hydrogen-bond acceptors (Lipinski definition) is 6. The number of nitrogens with zero attached hydrogens (tertiary/aromatic N) is 3. The Hall–Kier alpha value is -1.89. The second-order valence-corrected chi connectivity index (χ2v) is 4.87. The van der Waals surface area contributed by atoms with Gasteiger partial charge in [0.05, 0.1) is 23.2 Å². The minimum absolute atomic E-state index is 0.121. The van der Waals surface area contributed by atoms with Crippen LogP contribution in [0.25, 0.3) is 11.0 Å². The Morgan fingerprint density at radius 3 is 3.11 bits per heavy atom. The molecule has 18 heavy (non-hydrogen) atoms. The molecule has 4 N–H and O–H groups in total. The Morgan fingerprint density at radius 1 is 1.56 bits per heavy atom. The quantitative estimate of drug-likeness (QED) is 0.730. The third-order valence-corrected chi connectivity index (χ3v) is 3.62. The van der Waals surface area contributed by atoms with Crippen LogP contribution in [0.2, 0.25) is 0 Å². The minimum atomic E-state index is -0.148. The van der Waals surface area contributed by atoms with Crippen molar-refractivity contribution < 1.29 is 4.74 Å². The molecule has 7 heteroatoms. The number of ether oxygens (including phenoxy) is 1. The third kappa shape index (κ3) is 1.67. The van der Waals surface area contributed by atoms with E-state index in [1.807, 2.05) is 0 Å². The summed E-state index contributed by atoms with van der Waals surface area (Å²) in [5.74, 6) is 0.926. The number of nitrogen functional groups attached to an aromatic ring is 1. The van der Waals surface area contributed by atoms with Crippen LogP contribution in [0.3, 0.4) is 0 Å². The van der Waals surface area contributed by atoms with Crippen molar-refractivity contribution in [2.75, 3.05) is 17.7 Å². The van der Waals surface area contributed by atoms with E-state index >= 15 is 0 Å². The van der Waals surface area contributed by atoms with Crippen LogP contribution in [0.15, 0.2) is 6.20 Å². The van der Waals surface area contributed by atoms with Gasteiger partial charge in [-0.05, 0) is 20.3 Å². The number of aromatic nitrogens is 4. The fourth-order valence-corrected chi connectivity index (χ4v) is 2.22. The smallest absolute Gasteiger partial charge is 0.224 e. The predicted octanol–water partition coefficient (Wildman–Crippen LogP) is 0.914. The molecule has 1 fully saturated rings. The normalized spacial score (nSPS) is 27.8.